The topological polar surface area (TPSA) is 46.5 Å². The van der Waals surface area contributed by atoms with Gasteiger partial charge in [-0.3, -0.25) is 4.79 Å². The van der Waals surface area contributed by atoms with E-state index in [1.165, 1.54) is 37.3 Å². The van der Waals surface area contributed by atoms with Crippen LogP contribution in [0.2, 0.25) is 0 Å². The first kappa shape index (κ1) is 20.2. The van der Waals surface area contributed by atoms with Crippen molar-refractivity contribution in [1.29, 1.82) is 0 Å². The zero-order valence-corrected chi connectivity index (χ0v) is 16.9. The van der Waals surface area contributed by atoms with Crippen molar-refractivity contribution in [3.05, 3.63) is 22.8 Å². The minimum atomic E-state index is -0.160. The fourth-order valence-corrected chi connectivity index (χ4v) is 5.77. The van der Waals surface area contributed by atoms with Crippen LogP contribution in [0.3, 0.4) is 0 Å². The van der Waals surface area contributed by atoms with E-state index in [9.17, 15) is 4.79 Å². The summed E-state index contributed by atoms with van der Waals surface area (Å²) in [6, 6.07) is 0. The monoisotopic (exact) mass is 348 g/mol. The normalized spacial score (nSPS) is 32.4. The standard InChI is InChI=1S/C22H36O3/c1-15(10-13-23)8-9-18-16(2)14-19(25-17(3)24)20-21(4,5)11-7-12-22(18,20)6/h10,19-20,23H,7-9,11-14H2,1-6H3/b15-10-/t19-,20+,22-/m1/s1. The second kappa shape index (κ2) is 7.65. The summed E-state index contributed by atoms with van der Waals surface area (Å²) in [5, 5.41) is 9.11. The van der Waals surface area contributed by atoms with Gasteiger partial charge >= 0.3 is 5.97 Å². The first-order chi connectivity index (χ1) is 11.6. The Morgan fingerprint density at radius 1 is 1.28 bits per heavy atom. The molecular weight excluding hydrogens is 312 g/mol. The Morgan fingerprint density at radius 3 is 2.56 bits per heavy atom. The summed E-state index contributed by atoms with van der Waals surface area (Å²) in [7, 11) is 0. The van der Waals surface area contributed by atoms with Gasteiger partial charge in [0.15, 0.2) is 0 Å². The Balaban J connectivity index is 2.38. The zero-order valence-electron chi connectivity index (χ0n) is 16.9. The number of hydrogen-bond donors (Lipinski definition) is 1. The first-order valence-electron chi connectivity index (χ1n) is 9.74. The minimum Gasteiger partial charge on any atom is -0.462 e. The lowest BCUT2D eigenvalue weighted by atomic mass is 9.49. The van der Waals surface area contributed by atoms with Gasteiger partial charge in [-0.2, -0.15) is 0 Å². The molecule has 0 aliphatic heterocycles. The van der Waals surface area contributed by atoms with Crippen LogP contribution in [0, 0.1) is 16.7 Å². The molecular formula is C22H36O3. The number of esters is 1. The molecule has 0 bridgehead atoms. The van der Waals surface area contributed by atoms with Crippen LogP contribution in [0.1, 0.15) is 80.1 Å². The Kier molecular flexibility index (Phi) is 6.19. The van der Waals surface area contributed by atoms with Gasteiger partial charge in [-0.05, 0) is 50.4 Å². The Hall–Kier alpha value is -1.09. The fraction of sp³-hybridized carbons (Fsp3) is 0.773. The smallest absolute Gasteiger partial charge is 0.302 e. The lowest BCUT2D eigenvalue weighted by Gasteiger charge is -2.57. The van der Waals surface area contributed by atoms with Crippen LogP contribution < -0.4 is 0 Å². The van der Waals surface area contributed by atoms with E-state index in [2.05, 4.69) is 34.6 Å². The predicted octanol–water partition coefficient (Wildman–Crippen LogP) is 5.19. The van der Waals surface area contributed by atoms with Gasteiger partial charge in [-0.25, -0.2) is 0 Å². The Morgan fingerprint density at radius 2 is 1.96 bits per heavy atom. The van der Waals surface area contributed by atoms with E-state index >= 15 is 0 Å². The van der Waals surface area contributed by atoms with Gasteiger partial charge in [0, 0.05) is 19.3 Å². The molecule has 2 aliphatic rings. The minimum absolute atomic E-state index is 0.00405. The number of rotatable bonds is 5. The number of hydrogen-bond acceptors (Lipinski definition) is 3. The van der Waals surface area contributed by atoms with Gasteiger partial charge in [0.25, 0.3) is 0 Å². The SMILES string of the molecule is CC(=O)O[C@@H]1CC(C)=C(CC/C(C)=C\CO)[C@@]2(C)CCCC(C)(C)[C@H]12. The van der Waals surface area contributed by atoms with Crippen molar-refractivity contribution >= 4 is 5.97 Å². The molecule has 0 aromatic heterocycles. The Labute approximate surface area is 153 Å². The second-order valence-electron chi connectivity index (χ2n) is 9.08. The number of carbonyl (C=O) groups is 1. The first-order valence-corrected chi connectivity index (χ1v) is 9.74. The van der Waals surface area contributed by atoms with Gasteiger partial charge in [-0.1, -0.05) is 50.0 Å². The highest BCUT2D eigenvalue weighted by Gasteiger charge is 2.55. The van der Waals surface area contributed by atoms with Crippen molar-refractivity contribution in [3.63, 3.8) is 0 Å². The van der Waals surface area contributed by atoms with Crippen molar-refractivity contribution in [3.8, 4) is 0 Å². The highest BCUT2D eigenvalue weighted by Crippen LogP contribution is 2.61. The summed E-state index contributed by atoms with van der Waals surface area (Å²) in [5.41, 5.74) is 4.50. The molecule has 1 N–H and O–H groups in total. The molecule has 2 rings (SSSR count). The van der Waals surface area contributed by atoms with E-state index in [-0.39, 0.29) is 29.5 Å². The molecule has 142 valence electrons. The third-order valence-electron chi connectivity index (χ3n) is 6.66. The quantitative estimate of drug-likeness (QED) is 0.549. The van der Waals surface area contributed by atoms with Crippen molar-refractivity contribution < 1.29 is 14.6 Å². The summed E-state index contributed by atoms with van der Waals surface area (Å²) in [5.74, 6) is 0.213. The van der Waals surface area contributed by atoms with Crippen LogP contribution >= 0.6 is 0 Å². The molecule has 1 saturated carbocycles. The van der Waals surface area contributed by atoms with Crippen LogP contribution in [-0.4, -0.2) is 23.8 Å². The van der Waals surface area contributed by atoms with E-state index < -0.39 is 0 Å². The summed E-state index contributed by atoms with van der Waals surface area (Å²) < 4.78 is 5.83. The summed E-state index contributed by atoms with van der Waals surface area (Å²) in [6.07, 6.45) is 8.41. The van der Waals surface area contributed by atoms with Crippen LogP contribution in [0.25, 0.3) is 0 Å². The van der Waals surface area contributed by atoms with Crippen LogP contribution in [0.5, 0.6) is 0 Å². The summed E-state index contributed by atoms with van der Waals surface area (Å²) >= 11 is 0. The number of carbonyl (C=O) groups excluding carboxylic acids is 1. The average molecular weight is 349 g/mol. The average Bonchev–Trinajstić information content (AvgIpc) is 2.44. The van der Waals surface area contributed by atoms with Crippen molar-refractivity contribution in [2.24, 2.45) is 16.7 Å². The third kappa shape index (κ3) is 4.19. The molecule has 0 aromatic carbocycles. The fourth-order valence-electron chi connectivity index (χ4n) is 5.77. The van der Waals surface area contributed by atoms with Gasteiger partial charge in [0.2, 0.25) is 0 Å². The van der Waals surface area contributed by atoms with E-state index in [1.54, 1.807) is 5.57 Å². The number of ether oxygens (including phenoxy) is 1. The zero-order chi connectivity index (χ0) is 18.8. The highest BCUT2D eigenvalue weighted by atomic mass is 16.5. The van der Waals surface area contributed by atoms with Gasteiger partial charge in [0.1, 0.15) is 6.10 Å². The van der Waals surface area contributed by atoms with Crippen LogP contribution in [-0.2, 0) is 9.53 Å². The molecule has 0 aromatic rings. The Bertz CT molecular complexity index is 570. The largest absolute Gasteiger partial charge is 0.462 e. The highest BCUT2D eigenvalue weighted by molar-refractivity contribution is 5.66. The van der Waals surface area contributed by atoms with Gasteiger partial charge in [-0.15, -0.1) is 0 Å². The number of aliphatic hydroxyl groups is 1. The molecule has 0 unspecified atom stereocenters. The maximum Gasteiger partial charge on any atom is 0.302 e. The molecule has 1 fully saturated rings. The van der Waals surface area contributed by atoms with E-state index in [4.69, 9.17) is 9.84 Å². The number of allylic oxidation sites excluding steroid dienone is 2. The second-order valence-corrected chi connectivity index (χ2v) is 9.08. The molecule has 2 aliphatic carbocycles. The summed E-state index contributed by atoms with van der Waals surface area (Å²) in [6.45, 7) is 13.1. The molecule has 0 radical (unpaired) electrons. The predicted molar refractivity (Wildman–Crippen MR) is 102 cm³/mol. The molecule has 3 nitrogen and oxygen atoms in total. The lowest BCUT2D eigenvalue weighted by molar-refractivity contribution is -0.160. The van der Waals surface area contributed by atoms with E-state index in [1.807, 2.05) is 6.08 Å². The maximum atomic E-state index is 11.7. The molecule has 0 spiro atoms. The van der Waals surface area contributed by atoms with Crippen molar-refractivity contribution in [2.75, 3.05) is 6.61 Å². The number of aliphatic hydroxyl groups excluding tert-OH is 1. The molecule has 0 heterocycles. The third-order valence-corrected chi connectivity index (χ3v) is 6.66. The lowest BCUT2D eigenvalue weighted by Crippen LogP contribution is -2.53. The van der Waals surface area contributed by atoms with Crippen LogP contribution in [0.15, 0.2) is 22.8 Å². The van der Waals surface area contributed by atoms with Crippen LogP contribution in [0.4, 0.5) is 0 Å². The summed E-state index contributed by atoms with van der Waals surface area (Å²) in [4.78, 5) is 11.7. The van der Waals surface area contributed by atoms with E-state index in [0.717, 1.165) is 19.3 Å². The number of fused-ring (bicyclic) bond motifs is 1. The van der Waals surface area contributed by atoms with Crippen molar-refractivity contribution in [1.82, 2.24) is 0 Å². The van der Waals surface area contributed by atoms with Crippen molar-refractivity contribution in [2.45, 2.75) is 86.2 Å². The maximum absolute atomic E-state index is 11.7. The van der Waals surface area contributed by atoms with Gasteiger partial charge < -0.3 is 9.84 Å². The van der Waals surface area contributed by atoms with E-state index in [0.29, 0.717) is 5.92 Å². The molecule has 25 heavy (non-hydrogen) atoms. The molecule has 0 saturated heterocycles. The molecule has 0 amide bonds. The molecule has 3 atom stereocenters. The molecule has 3 heteroatoms. The van der Waals surface area contributed by atoms with Gasteiger partial charge in [0.05, 0.1) is 6.61 Å².